The highest BCUT2D eigenvalue weighted by atomic mass is 35.5. The van der Waals surface area contributed by atoms with Crippen LogP contribution in [0.2, 0.25) is 5.02 Å². The number of carbonyl (C=O) groups excluding carboxylic acids is 2. The molecule has 2 aromatic carbocycles. The Balaban J connectivity index is 1.47. The van der Waals surface area contributed by atoms with Gasteiger partial charge in [0, 0.05) is 53.9 Å². The van der Waals surface area contributed by atoms with Gasteiger partial charge in [0.05, 0.1) is 0 Å². The van der Waals surface area contributed by atoms with Gasteiger partial charge in [-0.1, -0.05) is 23.7 Å². The standard InChI is InChI=1S/C21H18ClN3O3/c22-15-7-5-14(6-8-15)20(27)24-9-11-25(12-10-24)21(28)17-13-23-18-4-2-1-3-16(18)19(17)26/h1-8,13H,9-12H2,(H,23,26). The van der Waals surface area contributed by atoms with Gasteiger partial charge in [0.25, 0.3) is 11.8 Å². The number of carbonyl (C=O) groups is 2. The molecular weight excluding hydrogens is 378 g/mol. The molecule has 1 fully saturated rings. The Morgan fingerprint density at radius 3 is 2.14 bits per heavy atom. The van der Waals surface area contributed by atoms with Crippen molar-refractivity contribution >= 4 is 34.3 Å². The van der Waals surface area contributed by atoms with Crippen molar-refractivity contribution in [2.24, 2.45) is 0 Å². The second-order valence-corrected chi connectivity index (χ2v) is 7.10. The molecular formula is C21H18ClN3O3. The van der Waals surface area contributed by atoms with Crippen LogP contribution in [0.25, 0.3) is 10.9 Å². The number of para-hydroxylation sites is 1. The van der Waals surface area contributed by atoms with Gasteiger partial charge in [0.15, 0.2) is 0 Å². The predicted octanol–water partition coefficient (Wildman–Crippen LogP) is 2.78. The van der Waals surface area contributed by atoms with Crippen molar-refractivity contribution in [1.29, 1.82) is 0 Å². The minimum atomic E-state index is -0.314. The number of nitrogens with one attached hydrogen (secondary N) is 1. The Labute approximate surface area is 166 Å². The van der Waals surface area contributed by atoms with Crippen molar-refractivity contribution < 1.29 is 9.59 Å². The molecule has 0 radical (unpaired) electrons. The third-order valence-corrected chi connectivity index (χ3v) is 5.22. The number of nitrogens with zero attached hydrogens (tertiary/aromatic N) is 2. The quantitative estimate of drug-likeness (QED) is 0.725. The molecule has 0 spiro atoms. The molecule has 1 aliphatic heterocycles. The number of H-pyrrole nitrogens is 1. The van der Waals surface area contributed by atoms with E-state index in [0.29, 0.717) is 47.7 Å². The SMILES string of the molecule is O=C(c1ccc(Cl)cc1)N1CCN(C(=O)c2c[nH]c3ccccc3c2=O)CC1. The zero-order valence-corrected chi connectivity index (χ0v) is 15.8. The molecule has 1 aliphatic rings. The van der Waals surface area contributed by atoms with E-state index in [-0.39, 0.29) is 22.8 Å². The molecule has 1 saturated heterocycles. The molecule has 0 unspecified atom stereocenters. The maximum Gasteiger partial charge on any atom is 0.259 e. The first-order valence-electron chi connectivity index (χ1n) is 8.99. The van der Waals surface area contributed by atoms with Crippen LogP contribution >= 0.6 is 11.6 Å². The number of pyridine rings is 1. The van der Waals surface area contributed by atoms with Gasteiger partial charge in [0.1, 0.15) is 5.56 Å². The zero-order valence-electron chi connectivity index (χ0n) is 15.0. The number of amides is 2. The molecule has 3 aromatic rings. The number of piperazine rings is 1. The van der Waals surface area contributed by atoms with Gasteiger partial charge in [0.2, 0.25) is 5.43 Å². The van der Waals surface area contributed by atoms with Gasteiger partial charge in [-0.25, -0.2) is 0 Å². The summed E-state index contributed by atoms with van der Waals surface area (Å²) in [7, 11) is 0. The average Bonchev–Trinajstić information content (AvgIpc) is 2.74. The molecule has 2 heterocycles. The van der Waals surface area contributed by atoms with Crippen molar-refractivity contribution in [2.75, 3.05) is 26.2 Å². The maximum absolute atomic E-state index is 12.8. The monoisotopic (exact) mass is 395 g/mol. The van der Waals surface area contributed by atoms with E-state index in [1.807, 2.05) is 6.07 Å². The van der Waals surface area contributed by atoms with Gasteiger partial charge in [-0.2, -0.15) is 0 Å². The summed E-state index contributed by atoms with van der Waals surface area (Å²) in [6, 6.07) is 13.8. The summed E-state index contributed by atoms with van der Waals surface area (Å²) in [6.45, 7) is 1.59. The number of hydrogen-bond acceptors (Lipinski definition) is 3. The Hall–Kier alpha value is -3.12. The number of aromatic amines is 1. The first-order valence-corrected chi connectivity index (χ1v) is 9.37. The van der Waals surface area contributed by atoms with Crippen LogP contribution in [0.15, 0.2) is 59.5 Å². The van der Waals surface area contributed by atoms with Crippen LogP contribution in [0, 0.1) is 0 Å². The summed E-state index contributed by atoms with van der Waals surface area (Å²) >= 11 is 5.87. The molecule has 6 nitrogen and oxygen atoms in total. The highest BCUT2D eigenvalue weighted by Crippen LogP contribution is 2.14. The van der Waals surface area contributed by atoms with Gasteiger partial charge in [-0.3, -0.25) is 14.4 Å². The summed E-state index contributed by atoms with van der Waals surface area (Å²) < 4.78 is 0. The molecule has 0 bridgehead atoms. The average molecular weight is 396 g/mol. The number of halogens is 1. The molecule has 0 atom stereocenters. The lowest BCUT2D eigenvalue weighted by Gasteiger charge is -2.34. The fourth-order valence-corrected chi connectivity index (χ4v) is 3.51. The lowest BCUT2D eigenvalue weighted by atomic mass is 10.1. The van der Waals surface area contributed by atoms with Gasteiger partial charge >= 0.3 is 0 Å². The van der Waals surface area contributed by atoms with E-state index in [9.17, 15) is 14.4 Å². The largest absolute Gasteiger partial charge is 0.360 e. The van der Waals surface area contributed by atoms with E-state index in [2.05, 4.69) is 4.98 Å². The summed E-state index contributed by atoms with van der Waals surface area (Å²) in [6.07, 6.45) is 1.47. The van der Waals surface area contributed by atoms with Crippen molar-refractivity contribution in [3.63, 3.8) is 0 Å². The lowest BCUT2D eigenvalue weighted by Crippen LogP contribution is -2.51. The summed E-state index contributed by atoms with van der Waals surface area (Å²) in [5.74, 6) is -0.405. The molecule has 28 heavy (non-hydrogen) atoms. The second-order valence-electron chi connectivity index (χ2n) is 6.67. The van der Waals surface area contributed by atoms with Crippen molar-refractivity contribution in [3.05, 3.63) is 81.1 Å². The van der Waals surface area contributed by atoms with Crippen LogP contribution in [-0.4, -0.2) is 52.8 Å². The van der Waals surface area contributed by atoms with Crippen LogP contribution in [0.4, 0.5) is 0 Å². The van der Waals surface area contributed by atoms with Crippen LogP contribution in [0.3, 0.4) is 0 Å². The highest BCUT2D eigenvalue weighted by Gasteiger charge is 2.27. The van der Waals surface area contributed by atoms with Crippen LogP contribution in [0.5, 0.6) is 0 Å². The topological polar surface area (TPSA) is 73.5 Å². The van der Waals surface area contributed by atoms with E-state index in [0.717, 1.165) is 0 Å². The Kier molecular flexibility index (Phi) is 4.88. The summed E-state index contributed by atoms with van der Waals surface area (Å²) in [5, 5.41) is 1.07. The van der Waals surface area contributed by atoms with E-state index in [1.165, 1.54) is 6.20 Å². The van der Waals surface area contributed by atoms with Crippen molar-refractivity contribution in [1.82, 2.24) is 14.8 Å². The lowest BCUT2D eigenvalue weighted by molar-refractivity contribution is 0.0534. The molecule has 142 valence electrons. The third kappa shape index (κ3) is 3.39. The Morgan fingerprint density at radius 1 is 0.857 bits per heavy atom. The van der Waals surface area contributed by atoms with Gasteiger partial charge in [-0.05, 0) is 36.4 Å². The summed E-state index contributed by atoms with van der Waals surface area (Å²) in [5.41, 5.74) is 1.10. The van der Waals surface area contributed by atoms with Crippen molar-refractivity contribution in [2.45, 2.75) is 0 Å². The molecule has 4 rings (SSSR count). The molecule has 1 N–H and O–H groups in total. The van der Waals surface area contributed by atoms with Crippen LogP contribution < -0.4 is 5.43 Å². The normalized spacial score (nSPS) is 14.3. The maximum atomic E-state index is 12.8. The fraction of sp³-hybridized carbons (Fsp3) is 0.190. The van der Waals surface area contributed by atoms with E-state index < -0.39 is 0 Å². The third-order valence-electron chi connectivity index (χ3n) is 4.96. The number of benzene rings is 2. The van der Waals surface area contributed by atoms with Gasteiger partial charge in [-0.15, -0.1) is 0 Å². The highest BCUT2D eigenvalue weighted by molar-refractivity contribution is 6.30. The van der Waals surface area contributed by atoms with E-state index in [1.54, 1.807) is 52.3 Å². The minimum absolute atomic E-state index is 0.0904. The molecule has 2 amide bonds. The Bertz CT molecular complexity index is 1100. The minimum Gasteiger partial charge on any atom is -0.360 e. The van der Waals surface area contributed by atoms with Crippen LogP contribution in [-0.2, 0) is 0 Å². The van der Waals surface area contributed by atoms with E-state index in [4.69, 9.17) is 11.6 Å². The number of fused-ring (bicyclic) bond motifs is 1. The van der Waals surface area contributed by atoms with E-state index >= 15 is 0 Å². The first-order chi connectivity index (χ1) is 13.5. The number of aromatic nitrogens is 1. The zero-order chi connectivity index (χ0) is 19.7. The van der Waals surface area contributed by atoms with Gasteiger partial charge < -0.3 is 14.8 Å². The first kappa shape index (κ1) is 18.3. The summed E-state index contributed by atoms with van der Waals surface area (Å²) in [4.78, 5) is 44.4. The molecule has 0 saturated carbocycles. The fourth-order valence-electron chi connectivity index (χ4n) is 3.38. The second kappa shape index (κ2) is 7.48. The smallest absolute Gasteiger partial charge is 0.259 e. The Morgan fingerprint density at radius 2 is 1.46 bits per heavy atom. The molecule has 0 aliphatic carbocycles. The van der Waals surface area contributed by atoms with Crippen LogP contribution in [0.1, 0.15) is 20.7 Å². The number of rotatable bonds is 2. The molecule has 7 heteroatoms. The number of hydrogen-bond donors (Lipinski definition) is 1. The van der Waals surface area contributed by atoms with Crippen molar-refractivity contribution in [3.8, 4) is 0 Å². The molecule has 1 aromatic heterocycles. The predicted molar refractivity (Wildman–Crippen MR) is 108 cm³/mol.